The van der Waals surface area contributed by atoms with E-state index in [0.717, 1.165) is 12.1 Å². The largest absolute Gasteiger partial charge is 0.323 e. The fraction of sp³-hybridized carbons (Fsp3) is 0.143. The maximum atomic E-state index is 13.5. The lowest BCUT2D eigenvalue weighted by molar-refractivity contribution is 0.563. The molecule has 0 aliphatic rings. The fourth-order valence-electron chi connectivity index (χ4n) is 1.63. The molecular weight excluding hydrogens is 271 g/mol. The second-order valence-corrected chi connectivity index (χ2v) is 5.08. The van der Waals surface area contributed by atoms with Gasteiger partial charge in [-0.1, -0.05) is 18.2 Å². The molecule has 5 heteroatoms. The van der Waals surface area contributed by atoms with Gasteiger partial charge in [-0.05, 0) is 18.2 Å². The normalized spacial score (nSPS) is 12.4. The molecule has 2 aromatic rings. The van der Waals surface area contributed by atoms with Crippen molar-refractivity contribution in [2.45, 2.75) is 10.9 Å². The summed E-state index contributed by atoms with van der Waals surface area (Å²) in [5.41, 5.74) is 6.07. The van der Waals surface area contributed by atoms with Crippen LogP contribution in [0.4, 0.5) is 13.2 Å². The Morgan fingerprint density at radius 2 is 1.74 bits per heavy atom. The first-order chi connectivity index (χ1) is 9.08. The van der Waals surface area contributed by atoms with E-state index in [2.05, 4.69) is 0 Å². The zero-order valence-corrected chi connectivity index (χ0v) is 10.8. The molecule has 0 aromatic heterocycles. The fourth-order valence-corrected chi connectivity index (χ4v) is 2.55. The molecule has 0 saturated heterocycles. The number of hydrogen-bond donors (Lipinski definition) is 1. The molecule has 0 aliphatic carbocycles. The van der Waals surface area contributed by atoms with Gasteiger partial charge in [0.1, 0.15) is 17.5 Å². The maximum absolute atomic E-state index is 13.5. The first kappa shape index (κ1) is 14.0. The van der Waals surface area contributed by atoms with Gasteiger partial charge in [-0.15, -0.1) is 11.8 Å². The van der Waals surface area contributed by atoms with Gasteiger partial charge >= 0.3 is 0 Å². The number of thioether (sulfide) groups is 1. The molecule has 0 saturated carbocycles. The van der Waals surface area contributed by atoms with Crippen LogP contribution in [-0.4, -0.2) is 5.75 Å². The van der Waals surface area contributed by atoms with Crippen LogP contribution in [0.5, 0.6) is 0 Å². The molecule has 0 radical (unpaired) electrons. The lowest BCUT2D eigenvalue weighted by Crippen LogP contribution is -2.15. The third-order valence-electron chi connectivity index (χ3n) is 2.62. The number of hydrogen-bond acceptors (Lipinski definition) is 2. The van der Waals surface area contributed by atoms with Crippen molar-refractivity contribution in [3.05, 3.63) is 65.5 Å². The van der Waals surface area contributed by atoms with Crippen molar-refractivity contribution < 1.29 is 13.2 Å². The van der Waals surface area contributed by atoms with Crippen LogP contribution in [0.3, 0.4) is 0 Å². The summed E-state index contributed by atoms with van der Waals surface area (Å²) >= 11 is 1.20. The summed E-state index contributed by atoms with van der Waals surface area (Å²) in [7, 11) is 0. The molecule has 100 valence electrons. The summed E-state index contributed by atoms with van der Waals surface area (Å²) in [5.74, 6) is -1.35. The van der Waals surface area contributed by atoms with Gasteiger partial charge in [0.05, 0.1) is 0 Å². The van der Waals surface area contributed by atoms with Crippen molar-refractivity contribution in [1.29, 1.82) is 0 Å². The highest BCUT2D eigenvalue weighted by Gasteiger charge is 2.13. The van der Waals surface area contributed by atoms with Gasteiger partial charge in [-0.2, -0.15) is 0 Å². The molecule has 0 spiro atoms. The van der Waals surface area contributed by atoms with E-state index in [-0.39, 0.29) is 11.4 Å². The Kier molecular flexibility index (Phi) is 4.50. The lowest BCUT2D eigenvalue weighted by Gasteiger charge is -2.13. The van der Waals surface area contributed by atoms with Crippen molar-refractivity contribution in [2.75, 3.05) is 5.75 Å². The second kappa shape index (κ2) is 6.12. The van der Waals surface area contributed by atoms with Gasteiger partial charge in [0.25, 0.3) is 0 Å². The Hall–Kier alpha value is -1.46. The number of nitrogens with two attached hydrogens (primary N) is 1. The van der Waals surface area contributed by atoms with Gasteiger partial charge in [0, 0.05) is 28.3 Å². The van der Waals surface area contributed by atoms with E-state index in [4.69, 9.17) is 5.73 Å². The van der Waals surface area contributed by atoms with Crippen molar-refractivity contribution in [1.82, 2.24) is 0 Å². The minimum atomic E-state index is -0.679. The Balaban J connectivity index is 2.05. The van der Waals surface area contributed by atoms with Crippen LogP contribution in [0.25, 0.3) is 0 Å². The highest BCUT2D eigenvalue weighted by Crippen LogP contribution is 2.26. The number of rotatable bonds is 4. The average Bonchev–Trinajstić information content (AvgIpc) is 2.37. The van der Waals surface area contributed by atoms with E-state index in [1.807, 2.05) is 0 Å². The standard InChI is InChI=1S/C14H12F3NS/c15-9-5-6-10(12(17)7-9)13(18)8-19-14-4-2-1-3-11(14)16/h1-7,13H,8,18H2. The molecule has 0 amide bonds. The SMILES string of the molecule is NC(CSc1ccccc1F)c1ccc(F)cc1F. The average molecular weight is 283 g/mol. The quantitative estimate of drug-likeness (QED) is 0.861. The van der Waals surface area contributed by atoms with Gasteiger partial charge in [-0.3, -0.25) is 0 Å². The number of halogens is 3. The lowest BCUT2D eigenvalue weighted by atomic mass is 10.1. The molecule has 0 aliphatic heterocycles. The predicted molar refractivity (Wildman–Crippen MR) is 70.4 cm³/mol. The Morgan fingerprint density at radius 1 is 1.00 bits per heavy atom. The highest BCUT2D eigenvalue weighted by molar-refractivity contribution is 7.99. The molecule has 19 heavy (non-hydrogen) atoms. The second-order valence-electron chi connectivity index (χ2n) is 4.01. The van der Waals surface area contributed by atoms with E-state index >= 15 is 0 Å². The third-order valence-corrected chi connectivity index (χ3v) is 3.78. The Morgan fingerprint density at radius 3 is 2.42 bits per heavy atom. The number of benzene rings is 2. The summed E-state index contributed by atoms with van der Waals surface area (Å²) < 4.78 is 39.7. The van der Waals surface area contributed by atoms with Crippen LogP contribution in [0.2, 0.25) is 0 Å². The molecule has 0 heterocycles. The smallest absolute Gasteiger partial charge is 0.136 e. The maximum Gasteiger partial charge on any atom is 0.136 e. The van der Waals surface area contributed by atoms with Crippen molar-refractivity contribution >= 4 is 11.8 Å². The minimum absolute atomic E-state index is 0.227. The first-order valence-electron chi connectivity index (χ1n) is 5.66. The zero-order chi connectivity index (χ0) is 13.8. The van der Waals surface area contributed by atoms with Crippen LogP contribution in [0.1, 0.15) is 11.6 Å². The van der Waals surface area contributed by atoms with Gasteiger partial charge in [0.15, 0.2) is 0 Å². The van der Waals surface area contributed by atoms with Crippen molar-refractivity contribution in [2.24, 2.45) is 5.73 Å². The van der Waals surface area contributed by atoms with E-state index in [0.29, 0.717) is 10.6 Å². The van der Waals surface area contributed by atoms with Gasteiger partial charge in [-0.25, -0.2) is 13.2 Å². The summed E-state index contributed by atoms with van der Waals surface area (Å²) in [6, 6.07) is 8.95. The molecule has 2 rings (SSSR count). The minimum Gasteiger partial charge on any atom is -0.323 e. The van der Waals surface area contributed by atoms with Gasteiger partial charge < -0.3 is 5.73 Å². The molecule has 1 atom stereocenters. The van der Waals surface area contributed by atoms with Crippen LogP contribution >= 0.6 is 11.8 Å². The summed E-state index contributed by atoms with van der Waals surface area (Å²) in [4.78, 5) is 0.459. The molecule has 1 nitrogen and oxygen atoms in total. The summed E-state index contributed by atoms with van der Waals surface area (Å²) in [5, 5.41) is 0. The zero-order valence-electron chi connectivity index (χ0n) is 9.95. The summed E-state index contributed by atoms with van der Waals surface area (Å²) in [6.45, 7) is 0. The monoisotopic (exact) mass is 283 g/mol. The topological polar surface area (TPSA) is 26.0 Å². The van der Waals surface area contributed by atoms with E-state index in [1.54, 1.807) is 18.2 Å². The molecule has 0 fully saturated rings. The molecule has 0 bridgehead atoms. The van der Waals surface area contributed by atoms with Crippen LogP contribution < -0.4 is 5.73 Å². The van der Waals surface area contributed by atoms with Crippen molar-refractivity contribution in [3.63, 3.8) is 0 Å². The summed E-state index contributed by atoms with van der Waals surface area (Å²) in [6.07, 6.45) is 0. The van der Waals surface area contributed by atoms with Gasteiger partial charge in [0.2, 0.25) is 0 Å². The van der Waals surface area contributed by atoms with Crippen LogP contribution in [-0.2, 0) is 0 Å². The van der Waals surface area contributed by atoms with Crippen LogP contribution in [0, 0.1) is 17.5 Å². The van der Waals surface area contributed by atoms with Crippen LogP contribution in [0.15, 0.2) is 47.4 Å². The van der Waals surface area contributed by atoms with Crippen molar-refractivity contribution in [3.8, 4) is 0 Å². The Labute approximate surface area is 113 Å². The predicted octanol–water partition coefficient (Wildman–Crippen LogP) is 3.90. The van der Waals surface area contributed by atoms with E-state index < -0.39 is 17.7 Å². The molecular formula is C14H12F3NS. The third kappa shape index (κ3) is 3.52. The molecule has 1 unspecified atom stereocenters. The first-order valence-corrected chi connectivity index (χ1v) is 6.64. The Bertz CT molecular complexity index is 574. The molecule has 2 aromatic carbocycles. The van der Waals surface area contributed by atoms with E-state index in [9.17, 15) is 13.2 Å². The highest BCUT2D eigenvalue weighted by atomic mass is 32.2. The van der Waals surface area contributed by atoms with E-state index in [1.165, 1.54) is 23.9 Å². The molecule has 2 N–H and O–H groups in total.